The number of carboxylic acids is 1. The van der Waals surface area contributed by atoms with E-state index >= 15 is 0 Å². The number of likely N-dealkylation sites (tertiary alicyclic amines) is 1. The lowest BCUT2D eigenvalue weighted by molar-refractivity contribution is -0.138. The third-order valence-electron chi connectivity index (χ3n) is 4.72. The zero-order valence-corrected chi connectivity index (χ0v) is 14.2. The van der Waals surface area contributed by atoms with Crippen molar-refractivity contribution in [1.29, 1.82) is 0 Å². The highest BCUT2D eigenvalue weighted by atomic mass is 16.4. The van der Waals surface area contributed by atoms with Crippen molar-refractivity contribution in [3.8, 4) is 0 Å². The number of carbonyl (C=O) groups excluding carboxylic acids is 1. The lowest BCUT2D eigenvalue weighted by atomic mass is 9.89. The molecule has 1 saturated heterocycles. The summed E-state index contributed by atoms with van der Waals surface area (Å²) in [5, 5.41) is 13.1. The van der Waals surface area contributed by atoms with Gasteiger partial charge in [-0.25, -0.2) is 4.79 Å². The van der Waals surface area contributed by atoms with Gasteiger partial charge in [-0.15, -0.1) is 0 Å². The Kier molecular flexibility index (Phi) is 5.80. The number of nitrogens with zero attached hydrogens (tertiary/aromatic N) is 3. The van der Waals surface area contributed by atoms with Crippen LogP contribution in [0.15, 0.2) is 12.4 Å². The monoisotopic (exact) mass is 321 g/mol. The van der Waals surface area contributed by atoms with Crippen molar-refractivity contribution in [2.45, 2.75) is 52.5 Å². The Labute approximate surface area is 137 Å². The van der Waals surface area contributed by atoms with Crippen LogP contribution in [-0.2, 0) is 4.79 Å². The molecule has 23 heavy (non-hydrogen) atoms. The Morgan fingerprint density at radius 2 is 2.00 bits per heavy atom. The Balaban J connectivity index is 1.94. The molecule has 6 nitrogen and oxygen atoms in total. The minimum Gasteiger partial charge on any atom is -0.478 e. The minimum atomic E-state index is -0.955. The zero-order chi connectivity index (χ0) is 17.0. The third kappa shape index (κ3) is 4.12. The topological polar surface area (TPSA) is 75.4 Å². The number of amides is 1. The van der Waals surface area contributed by atoms with Gasteiger partial charge in [-0.1, -0.05) is 27.2 Å². The summed E-state index contributed by atoms with van der Waals surface area (Å²) in [6, 6.07) is 0.177. The van der Waals surface area contributed by atoms with E-state index in [4.69, 9.17) is 5.11 Å². The van der Waals surface area contributed by atoms with Crippen LogP contribution in [0.1, 0.15) is 62.9 Å². The number of aromatic nitrogens is 2. The SMILES string of the molecule is CCCC(C(=O)N1CCC(n2cc(C(=O)O)cn2)CC1)C(C)C. The van der Waals surface area contributed by atoms with Gasteiger partial charge in [0.1, 0.15) is 0 Å². The highest BCUT2D eigenvalue weighted by Crippen LogP contribution is 2.26. The Morgan fingerprint density at radius 1 is 1.35 bits per heavy atom. The van der Waals surface area contributed by atoms with E-state index in [0.717, 1.165) is 38.8 Å². The summed E-state index contributed by atoms with van der Waals surface area (Å²) in [5.41, 5.74) is 0.214. The quantitative estimate of drug-likeness (QED) is 0.874. The van der Waals surface area contributed by atoms with Crippen molar-refractivity contribution < 1.29 is 14.7 Å². The molecule has 1 aliphatic rings. The van der Waals surface area contributed by atoms with Gasteiger partial charge < -0.3 is 10.0 Å². The van der Waals surface area contributed by atoms with Gasteiger partial charge in [0.05, 0.1) is 17.8 Å². The number of hydrogen-bond acceptors (Lipinski definition) is 3. The maximum atomic E-state index is 12.7. The van der Waals surface area contributed by atoms with E-state index in [-0.39, 0.29) is 23.4 Å². The summed E-state index contributed by atoms with van der Waals surface area (Å²) in [5.74, 6) is -0.209. The average Bonchev–Trinajstić information content (AvgIpc) is 3.02. The number of aromatic carboxylic acids is 1. The van der Waals surface area contributed by atoms with Crippen LogP contribution >= 0.6 is 0 Å². The molecule has 1 N–H and O–H groups in total. The lowest BCUT2D eigenvalue weighted by Crippen LogP contribution is -2.43. The van der Waals surface area contributed by atoms with Crippen molar-refractivity contribution in [2.24, 2.45) is 11.8 Å². The maximum absolute atomic E-state index is 12.7. The molecule has 1 amide bonds. The van der Waals surface area contributed by atoms with Crippen molar-refractivity contribution in [1.82, 2.24) is 14.7 Å². The van der Waals surface area contributed by atoms with Gasteiger partial charge in [-0.3, -0.25) is 9.48 Å². The molecule has 0 aromatic carbocycles. The van der Waals surface area contributed by atoms with Gasteiger partial charge in [0.15, 0.2) is 0 Å². The van der Waals surface area contributed by atoms with E-state index in [0.29, 0.717) is 5.92 Å². The molecule has 1 aliphatic heterocycles. The molecule has 2 rings (SSSR count). The number of hydrogen-bond donors (Lipinski definition) is 1. The minimum absolute atomic E-state index is 0.111. The number of carbonyl (C=O) groups is 2. The standard InChI is InChI=1S/C17H27N3O3/c1-4-5-15(12(2)3)16(21)19-8-6-14(7-9-19)20-11-13(10-18-20)17(22)23/h10-12,14-15H,4-9H2,1-3H3,(H,22,23). The van der Waals surface area contributed by atoms with Crippen LogP contribution in [0.4, 0.5) is 0 Å². The summed E-state index contributed by atoms with van der Waals surface area (Å²) in [7, 11) is 0. The second-order valence-electron chi connectivity index (χ2n) is 6.71. The van der Waals surface area contributed by atoms with Crippen molar-refractivity contribution in [2.75, 3.05) is 13.1 Å². The van der Waals surface area contributed by atoms with E-state index in [9.17, 15) is 9.59 Å². The van der Waals surface area contributed by atoms with Gasteiger partial charge in [0, 0.05) is 25.2 Å². The Hall–Kier alpha value is -1.85. The predicted octanol–water partition coefficient (Wildman–Crippen LogP) is 2.82. The number of carboxylic acid groups (broad SMARTS) is 1. The molecular weight excluding hydrogens is 294 g/mol. The van der Waals surface area contributed by atoms with Crippen molar-refractivity contribution in [3.05, 3.63) is 18.0 Å². The molecule has 0 radical (unpaired) electrons. The van der Waals surface area contributed by atoms with Gasteiger partial charge in [0.25, 0.3) is 0 Å². The highest BCUT2D eigenvalue weighted by molar-refractivity contribution is 5.86. The normalized spacial score (nSPS) is 17.5. The van der Waals surface area contributed by atoms with E-state index in [1.165, 1.54) is 6.20 Å². The predicted molar refractivity (Wildman–Crippen MR) is 87.3 cm³/mol. The lowest BCUT2D eigenvalue weighted by Gasteiger charge is -2.35. The van der Waals surface area contributed by atoms with Gasteiger partial charge >= 0.3 is 5.97 Å². The summed E-state index contributed by atoms with van der Waals surface area (Å²) < 4.78 is 1.73. The van der Waals surface area contributed by atoms with Crippen LogP contribution in [0.2, 0.25) is 0 Å². The molecule has 6 heteroatoms. The molecule has 1 fully saturated rings. The van der Waals surface area contributed by atoms with Crippen LogP contribution in [0.25, 0.3) is 0 Å². The van der Waals surface area contributed by atoms with E-state index in [1.807, 2.05) is 4.90 Å². The van der Waals surface area contributed by atoms with Gasteiger partial charge in [-0.2, -0.15) is 5.10 Å². The largest absolute Gasteiger partial charge is 0.478 e. The van der Waals surface area contributed by atoms with Crippen LogP contribution in [0.5, 0.6) is 0 Å². The van der Waals surface area contributed by atoms with Crippen LogP contribution in [-0.4, -0.2) is 44.8 Å². The molecule has 0 aliphatic carbocycles. The number of rotatable bonds is 6. The molecule has 0 spiro atoms. The summed E-state index contributed by atoms with van der Waals surface area (Å²) in [4.78, 5) is 25.6. The molecule has 128 valence electrons. The van der Waals surface area contributed by atoms with Crippen molar-refractivity contribution in [3.63, 3.8) is 0 Å². The fourth-order valence-corrected chi connectivity index (χ4v) is 3.29. The Bertz CT molecular complexity index is 545. The summed E-state index contributed by atoms with van der Waals surface area (Å²) in [6.07, 6.45) is 6.58. The highest BCUT2D eigenvalue weighted by Gasteiger charge is 2.30. The molecule has 1 aromatic rings. The first-order valence-corrected chi connectivity index (χ1v) is 8.50. The van der Waals surface area contributed by atoms with E-state index < -0.39 is 5.97 Å². The number of piperidine rings is 1. The maximum Gasteiger partial charge on any atom is 0.338 e. The second kappa shape index (κ2) is 7.62. The second-order valence-corrected chi connectivity index (χ2v) is 6.71. The van der Waals surface area contributed by atoms with Gasteiger partial charge in [-0.05, 0) is 25.2 Å². The third-order valence-corrected chi connectivity index (χ3v) is 4.72. The first-order chi connectivity index (χ1) is 10.9. The van der Waals surface area contributed by atoms with Crippen LogP contribution in [0, 0.1) is 11.8 Å². The average molecular weight is 321 g/mol. The first kappa shape index (κ1) is 17.5. The van der Waals surface area contributed by atoms with Crippen LogP contribution < -0.4 is 0 Å². The molecule has 1 atom stereocenters. The van der Waals surface area contributed by atoms with Gasteiger partial charge in [0.2, 0.25) is 5.91 Å². The fraction of sp³-hybridized carbons (Fsp3) is 0.706. The molecule has 0 saturated carbocycles. The molecule has 0 bridgehead atoms. The van der Waals surface area contributed by atoms with E-state index in [1.54, 1.807) is 10.9 Å². The van der Waals surface area contributed by atoms with Crippen molar-refractivity contribution >= 4 is 11.9 Å². The fourth-order valence-electron chi connectivity index (χ4n) is 3.29. The first-order valence-electron chi connectivity index (χ1n) is 8.50. The molecule has 1 aromatic heterocycles. The van der Waals surface area contributed by atoms with Crippen LogP contribution in [0.3, 0.4) is 0 Å². The zero-order valence-electron chi connectivity index (χ0n) is 14.2. The Morgan fingerprint density at radius 3 is 2.48 bits per heavy atom. The molecular formula is C17H27N3O3. The molecule has 2 heterocycles. The summed E-state index contributed by atoms with van der Waals surface area (Å²) >= 11 is 0. The van der Waals surface area contributed by atoms with E-state index in [2.05, 4.69) is 25.9 Å². The molecule has 1 unspecified atom stereocenters. The smallest absolute Gasteiger partial charge is 0.338 e. The summed E-state index contributed by atoms with van der Waals surface area (Å²) in [6.45, 7) is 7.79.